The van der Waals surface area contributed by atoms with Gasteiger partial charge >= 0.3 is 0 Å². The number of nitrogens with zero attached hydrogens (tertiary/aromatic N) is 4. The molecule has 0 aromatic carbocycles. The Bertz CT molecular complexity index is 561. The molecule has 0 spiro atoms. The Morgan fingerprint density at radius 1 is 1.35 bits per heavy atom. The van der Waals surface area contributed by atoms with Gasteiger partial charge in [0.15, 0.2) is 0 Å². The van der Waals surface area contributed by atoms with E-state index in [1.165, 1.54) is 5.56 Å². The van der Waals surface area contributed by atoms with E-state index in [-0.39, 0.29) is 0 Å². The van der Waals surface area contributed by atoms with Crippen LogP contribution in [0.15, 0.2) is 24.5 Å². The van der Waals surface area contributed by atoms with Crippen molar-refractivity contribution in [3.8, 4) is 0 Å². The average molecular weight is 273 g/mol. The maximum Gasteiger partial charge on any atom is 0.129 e. The van der Waals surface area contributed by atoms with Gasteiger partial charge in [-0.3, -0.25) is 0 Å². The van der Waals surface area contributed by atoms with E-state index in [2.05, 4.69) is 41.3 Å². The molecular formula is C15H23N5. The molecule has 0 atom stereocenters. The van der Waals surface area contributed by atoms with Gasteiger partial charge in [-0.1, -0.05) is 6.92 Å². The molecule has 2 aromatic heterocycles. The number of nitrogens with one attached hydrogen (secondary N) is 1. The van der Waals surface area contributed by atoms with Crippen molar-refractivity contribution in [2.45, 2.75) is 26.4 Å². The van der Waals surface area contributed by atoms with Crippen molar-refractivity contribution >= 4 is 5.82 Å². The Hall–Kier alpha value is -1.88. The molecule has 2 heterocycles. The fraction of sp³-hybridized carbons (Fsp3) is 0.467. The van der Waals surface area contributed by atoms with Crippen LogP contribution in [0.4, 0.5) is 5.82 Å². The summed E-state index contributed by atoms with van der Waals surface area (Å²) in [6.07, 6.45) is 4.73. The van der Waals surface area contributed by atoms with Gasteiger partial charge in [0.05, 0.1) is 6.54 Å². The van der Waals surface area contributed by atoms with E-state index in [1.54, 1.807) is 0 Å². The first-order valence-corrected chi connectivity index (χ1v) is 6.95. The zero-order valence-corrected chi connectivity index (χ0v) is 12.7. The molecule has 5 heteroatoms. The maximum atomic E-state index is 4.71. The third kappa shape index (κ3) is 3.36. The number of hydrogen-bond donors (Lipinski definition) is 1. The van der Waals surface area contributed by atoms with Gasteiger partial charge in [0.1, 0.15) is 11.6 Å². The molecule has 20 heavy (non-hydrogen) atoms. The maximum absolute atomic E-state index is 4.71. The van der Waals surface area contributed by atoms with Crippen molar-refractivity contribution < 1.29 is 0 Å². The van der Waals surface area contributed by atoms with Gasteiger partial charge in [0.2, 0.25) is 0 Å². The molecule has 0 aliphatic heterocycles. The average Bonchev–Trinajstić information content (AvgIpc) is 2.84. The van der Waals surface area contributed by atoms with Crippen molar-refractivity contribution in [2.24, 2.45) is 7.05 Å². The van der Waals surface area contributed by atoms with Gasteiger partial charge in [-0.2, -0.15) is 0 Å². The summed E-state index contributed by atoms with van der Waals surface area (Å²) in [6, 6.07) is 4.30. The summed E-state index contributed by atoms with van der Waals surface area (Å²) in [5, 5.41) is 3.19. The standard InChI is InChI=1S/C15H23N5/c1-5-13-8-12(10-16-2)9-14(18-13)20(4)11-15-17-6-7-19(15)3/h6-9,16H,5,10-11H2,1-4H3. The summed E-state index contributed by atoms with van der Waals surface area (Å²) in [5.74, 6) is 2.03. The van der Waals surface area contributed by atoms with Crippen molar-refractivity contribution in [3.05, 3.63) is 41.6 Å². The topological polar surface area (TPSA) is 46.0 Å². The van der Waals surface area contributed by atoms with Gasteiger partial charge in [-0.25, -0.2) is 9.97 Å². The molecule has 0 saturated heterocycles. The predicted molar refractivity (Wildman–Crippen MR) is 81.7 cm³/mol. The lowest BCUT2D eigenvalue weighted by atomic mass is 10.2. The molecule has 0 unspecified atom stereocenters. The van der Waals surface area contributed by atoms with E-state index in [1.807, 2.05) is 31.1 Å². The Morgan fingerprint density at radius 2 is 2.15 bits per heavy atom. The molecule has 0 bridgehead atoms. The highest BCUT2D eigenvalue weighted by molar-refractivity contribution is 5.42. The Kier molecular flexibility index (Phi) is 4.74. The first-order chi connectivity index (χ1) is 9.63. The van der Waals surface area contributed by atoms with Crippen molar-refractivity contribution in [3.63, 3.8) is 0 Å². The van der Waals surface area contributed by atoms with E-state index < -0.39 is 0 Å². The second-order valence-corrected chi connectivity index (χ2v) is 5.02. The fourth-order valence-corrected chi connectivity index (χ4v) is 2.16. The van der Waals surface area contributed by atoms with Gasteiger partial charge < -0.3 is 14.8 Å². The molecule has 0 aliphatic rings. The Morgan fingerprint density at radius 3 is 2.75 bits per heavy atom. The highest BCUT2D eigenvalue weighted by atomic mass is 15.2. The highest BCUT2D eigenvalue weighted by Gasteiger charge is 2.09. The summed E-state index contributed by atoms with van der Waals surface area (Å²) in [5.41, 5.74) is 2.39. The molecule has 0 radical (unpaired) electrons. The van der Waals surface area contributed by atoms with Crippen LogP contribution in [0.25, 0.3) is 0 Å². The van der Waals surface area contributed by atoms with Crippen LogP contribution in [0.3, 0.4) is 0 Å². The third-order valence-electron chi connectivity index (χ3n) is 3.36. The number of pyridine rings is 1. The molecule has 0 aliphatic carbocycles. The molecule has 2 rings (SSSR count). The van der Waals surface area contributed by atoms with Crippen molar-refractivity contribution in [1.29, 1.82) is 0 Å². The monoisotopic (exact) mass is 273 g/mol. The van der Waals surface area contributed by atoms with Crippen LogP contribution >= 0.6 is 0 Å². The second kappa shape index (κ2) is 6.52. The number of aryl methyl sites for hydroxylation is 2. The van der Waals surface area contributed by atoms with E-state index in [0.29, 0.717) is 0 Å². The van der Waals surface area contributed by atoms with Gasteiger partial charge in [-0.05, 0) is 31.2 Å². The van der Waals surface area contributed by atoms with Gasteiger partial charge in [-0.15, -0.1) is 0 Å². The number of rotatable bonds is 6. The normalized spacial score (nSPS) is 10.8. The summed E-state index contributed by atoms with van der Waals surface area (Å²) in [7, 11) is 6.03. The summed E-state index contributed by atoms with van der Waals surface area (Å²) >= 11 is 0. The number of anilines is 1. The van der Waals surface area contributed by atoms with Crippen LogP contribution in [0.1, 0.15) is 24.0 Å². The Balaban J connectivity index is 2.22. The minimum atomic E-state index is 0.753. The second-order valence-electron chi connectivity index (χ2n) is 5.02. The Labute approximate surface area is 120 Å². The van der Waals surface area contributed by atoms with Crippen LogP contribution in [-0.4, -0.2) is 28.6 Å². The minimum absolute atomic E-state index is 0.753. The number of hydrogen-bond acceptors (Lipinski definition) is 4. The highest BCUT2D eigenvalue weighted by Crippen LogP contribution is 2.16. The van der Waals surface area contributed by atoms with Crippen LogP contribution in [-0.2, 0) is 26.6 Å². The van der Waals surface area contributed by atoms with Crippen LogP contribution in [0.5, 0.6) is 0 Å². The van der Waals surface area contributed by atoms with Gasteiger partial charge in [0, 0.05) is 38.7 Å². The van der Waals surface area contributed by atoms with Crippen molar-refractivity contribution in [2.75, 3.05) is 19.0 Å². The summed E-state index contributed by atoms with van der Waals surface area (Å²) < 4.78 is 2.04. The molecule has 0 amide bonds. The lowest BCUT2D eigenvalue weighted by Crippen LogP contribution is -2.21. The fourth-order valence-electron chi connectivity index (χ4n) is 2.16. The summed E-state index contributed by atoms with van der Waals surface area (Å²) in [6.45, 7) is 3.75. The summed E-state index contributed by atoms with van der Waals surface area (Å²) in [4.78, 5) is 11.2. The smallest absolute Gasteiger partial charge is 0.129 e. The predicted octanol–water partition coefficient (Wildman–Crippen LogP) is 1.73. The number of imidazole rings is 1. The lowest BCUT2D eigenvalue weighted by Gasteiger charge is -2.19. The lowest BCUT2D eigenvalue weighted by molar-refractivity contribution is 0.750. The molecule has 1 N–H and O–H groups in total. The van der Waals surface area contributed by atoms with E-state index >= 15 is 0 Å². The third-order valence-corrected chi connectivity index (χ3v) is 3.36. The quantitative estimate of drug-likeness (QED) is 0.871. The van der Waals surface area contributed by atoms with Crippen LogP contribution < -0.4 is 10.2 Å². The van der Waals surface area contributed by atoms with E-state index in [4.69, 9.17) is 4.98 Å². The van der Waals surface area contributed by atoms with Gasteiger partial charge in [0.25, 0.3) is 0 Å². The minimum Gasteiger partial charge on any atom is -0.352 e. The first-order valence-electron chi connectivity index (χ1n) is 6.95. The molecule has 0 fully saturated rings. The van der Waals surface area contributed by atoms with Crippen LogP contribution in [0.2, 0.25) is 0 Å². The first kappa shape index (κ1) is 14.5. The molecule has 5 nitrogen and oxygen atoms in total. The molecular weight excluding hydrogens is 250 g/mol. The van der Waals surface area contributed by atoms with E-state index in [0.717, 1.165) is 36.8 Å². The van der Waals surface area contributed by atoms with E-state index in [9.17, 15) is 0 Å². The van der Waals surface area contributed by atoms with Crippen LogP contribution in [0, 0.1) is 0 Å². The zero-order valence-electron chi connectivity index (χ0n) is 12.7. The largest absolute Gasteiger partial charge is 0.352 e. The SMILES string of the molecule is CCc1cc(CNC)cc(N(C)Cc2nccn2C)n1. The molecule has 2 aromatic rings. The number of aromatic nitrogens is 3. The molecule has 108 valence electrons. The van der Waals surface area contributed by atoms with Crippen molar-refractivity contribution in [1.82, 2.24) is 19.9 Å². The molecule has 0 saturated carbocycles. The zero-order chi connectivity index (χ0) is 14.5.